The molecule has 0 spiro atoms. The van der Waals surface area contributed by atoms with Gasteiger partial charge in [0.15, 0.2) is 11.6 Å². The van der Waals surface area contributed by atoms with Gasteiger partial charge >= 0.3 is 6.09 Å². The van der Waals surface area contributed by atoms with Gasteiger partial charge in [0.25, 0.3) is 0 Å². The van der Waals surface area contributed by atoms with Crippen molar-refractivity contribution in [1.29, 1.82) is 0 Å². The van der Waals surface area contributed by atoms with E-state index in [1.807, 2.05) is 24.3 Å². The Kier molecular flexibility index (Phi) is 6.03. The van der Waals surface area contributed by atoms with Gasteiger partial charge in [-0.25, -0.2) is 13.6 Å². The Morgan fingerprint density at radius 2 is 1.54 bits per heavy atom. The lowest BCUT2D eigenvalue weighted by molar-refractivity contribution is -0.0843. The molecule has 2 unspecified atom stereocenters. The Bertz CT molecular complexity index is 1300. The molecule has 4 nitrogen and oxygen atoms in total. The van der Waals surface area contributed by atoms with Crippen molar-refractivity contribution in [2.75, 3.05) is 6.61 Å². The van der Waals surface area contributed by atoms with Gasteiger partial charge in [-0.05, 0) is 72.4 Å². The predicted octanol–water partition coefficient (Wildman–Crippen LogP) is 6.51. The van der Waals surface area contributed by atoms with Gasteiger partial charge in [0.1, 0.15) is 6.61 Å². The SMILES string of the molecule is Cc1ccc(CC2(O)CC3CCCC(C2)N3C(=O)OCC2c3ccccc3-c3ccccc32)c(F)c1F. The molecule has 0 saturated carbocycles. The number of amides is 1. The van der Waals surface area contributed by atoms with Crippen LogP contribution in [0.25, 0.3) is 11.1 Å². The van der Waals surface area contributed by atoms with E-state index in [-0.39, 0.29) is 48.2 Å². The van der Waals surface area contributed by atoms with E-state index in [1.165, 1.54) is 18.1 Å². The maximum absolute atomic E-state index is 14.6. The first kappa shape index (κ1) is 24.1. The molecule has 6 rings (SSSR count). The molecule has 192 valence electrons. The highest BCUT2D eigenvalue weighted by atomic mass is 19.2. The highest BCUT2D eigenvalue weighted by molar-refractivity contribution is 5.79. The number of halogens is 2. The van der Waals surface area contributed by atoms with Crippen LogP contribution in [0, 0.1) is 18.6 Å². The number of ether oxygens (including phenoxy) is 1. The van der Waals surface area contributed by atoms with Crippen LogP contribution in [0.5, 0.6) is 0 Å². The zero-order chi connectivity index (χ0) is 25.7. The van der Waals surface area contributed by atoms with Gasteiger partial charge in [-0.15, -0.1) is 0 Å². The normalized spacial score (nSPS) is 24.5. The van der Waals surface area contributed by atoms with Gasteiger partial charge in [0.05, 0.1) is 5.60 Å². The minimum absolute atomic E-state index is 0.0164. The number of hydrogen-bond donors (Lipinski definition) is 1. The summed E-state index contributed by atoms with van der Waals surface area (Å²) >= 11 is 0. The number of aliphatic hydroxyl groups is 1. The molecule has 0 radical (unpaired) electrons. The second-order valence-corrected chi connectivity index (χ2v) is 10.9. The topological polar surface area (TPSA) is 49.8 Å². The Hall–Kier alpha value is -3.25. The average Bonchev–Trinajstić information content (AvgIpc) is 3.21. The molecule has 3 aliphatic rings. The van der Waals surface area contributed by atoms with Crippen molar-refractivity contribution in [3.05, 3.63) is 94.6 Å². The Balaban J connectivity index is 1.17. The maximum Gasteiger partial charge on any atom is 0.410 e. The number of rotatable bonds is 4. The van der Waals surface area contributed by atoms with E-state index < -0.39 is 17.2 Å². The second-order valence-electron chi connectivity index (χ2n) is 10.9. The quantitative estimate of drug-likeness (QED) is 0.441. The molecule has 2 bridgehead atoms. The lowest BCUT2D eigenvalue weighted by Gasteiger charge is -2.51. The van der Waals surface area contributed by atoms with Crippen molar-refractivity contribution in [3.8, 4) is 11.1 Å². The Labute approximate surface area is 215 Å². The molecule has 37 heavy (non-hydrogen) atoms. The van der Waals surface area contributed by atoms with Gasteiger partial charge < -0.3 is 14.7 Å². The summed E-state index contributed by atoms with van der Waals surface area (Å²) in [5.74, 6) is -1.77. The van der Waals surface area contributed by atoms with Crippen LogP contribution in [0.3, 0.4) is 0 Å². The van der Waals surface area contributed by atoms with E-state index in [4.69, 9.17) is 4.74 Å². The van der Waals surface area contributed by atoms with Crippen molar-refractivity contribution in [3.63, 3.8) is 0 Å². The standard InChI is InChI=1S/C31H31F2NO3/c1-19-13-14-20(29(33)28(19)32)15-31(36)16-21-7-6-8-22(17-31)34(21)30(35)37-18-27-25-11-4-2-9-23(25)24-10-3-5-12-26(24)27/h2-5,9-14,21-22,27,36H,6-8,15-18H2,1H3. The fourth-order valence-electron chi connectivity index (χ4n) is 6.81. The molecule has 6 heteroatoms. The second kappa shape index (κ2) is 9.25. The van der Waals surface area contributed by atoms with Crippen LogP contribution in [0.2, 0.25) is 0 Å². The zero-order valence-corrected chi connectivity index (χ0v) is 20.9. The Morgan fingerprint density at radius 1 is 0.946 bits per heavy atom. The third-order valence-corrected chi connectivity index (χ3v) is 8.51. The predicted molar refractivity (Wildman–Crippen MR) is 137 cm³/mol. The van der Waals surface area contributed by atoms with Crippen LogP contribution >= 0.6 is 0 Å². The maximum atomic E-state index is 14.6. The fourth-order valence-corrected chi connectivity index (χ4v) is 6.81. The van der Waals surface area contributed by atoms with Gasteiger partial charge in [0, 0.05) is 24.4 Å². The van der Waals surface area contributed by atoms with Crippen molar-refractivity contribution in [1.82, 2.24) is 4.90 Å². The molecule has 1 N–H and O–H groups in total. The number of fused-ring (bicyclic) bond motifs is 5. The highest BCUT2D eigenvalue weighted by Crippen LogP contribution is 2.45. The molecule has 2 atom stereocenters. The molecule has 3 aromatic rings. The lowest BCUT2D eigenvalue weighted by atomic mass is 9.73. The van der Waals surface area contributed by atoms with E-state index in [9.17, 15) is 18.7 Å². The fraction of sp³-hybridized carbons (Fsp3) is 0.387. The summed E-state index contributed by atoms with van der Waals surface area (Å²) in [4.78, 5) is 15.2. The number of piperidine rings is 2. The molecule has 2 saturated heterocycles. The average molecular weight is 504 g/mol. The first-order chi connectivity index (χ1) is 17.8. The molecule has 2 fully saturated rings. The third-order valence-electron chi connectivity index (χ3n) is 8.51. The van der Waals surface area contributed by atoms with E-state index in [2.05, 4.69) is 24.3 Å². The minimum atomic E-state index is -1.20. The number of hydrogen-bond acceptors (Lipinski definition) is 3. The zero-order valence-electron chi connectivity index (χ0n) is 20.9. The van der Waals surface area contributed by atoms with E-state index in [0.29, 0.717) is 12.8 Å². The van der Waals surface area contributed by atoms with E-state index in [1.54, 1.807) is 17.0 Å². The summed E-state index contributed by atoms with van der Waals surface area (Å²) in [5.41, 5.74) is 3.92. The number of benzene rings is 3. The molecule has 1 aliphatic carbocycles. The summed E-state index contributed by atoms with van der Waals surface area (Å²) in [7, 11) is 0. The lowest BCUT2D eigenvalue weighted by Crippen LogP contribution is -2.60. The van der Waals surface area contributed by atoms with Gasteiger partial charge in [-0.2, -0.15) is 0 Å². The number of aryl methyl sites for hydroxylation is 1. The number of carbonyl (C=O) groups is 1. The molecule has 0 aromatic heterocycles. The van der Waals surface area contributed by atoms with Crippen LogP contribution in [0.15, 0.2) is 60.7 Å². The molecular formula is C31H31F2NO3. The van der Waals surface area contributed by atoms with Crippen molar-refractivity contribution in [2.24, 2.45) is 0 Å². The van der Waals surface area contributed by atoms with Crippen LogP contribution in [-0.2, 0) is 11.2 Å². The summed E-state index contributed by atoms with van der Waals surface area (Å²) < 4.78 is 34.7. The Morgan fingerprint density at radius 3 is 2.16 bits per heavy atom. The number of carbonyl (C=O) groups excluding carboxylic acids is 1. The first-order valence-electron chi connectivity index (χ1n) is 13.1. The molecule has 3 aromatic carbocycles. The summed E-state index contributed by atoms with van der Waals surface area (Å²) in [6.07, 6.45) is 2.80. The first-order valence-corrected chi connectivity index (χ1v) is 13.1. The van der Waals surface area contributed by atoms with Gasteiger partial charge in [0.2, 0.25) is 0 Å². The van der Waals surface area contributed by atoms with Crippen LogP contribution in [0.1, 0.15) is 60.3 Å². The highest BCUT2D eigenvalue weighted by Gasteiger charge is 2.48. The van der Waals surface area contributed by atoms with Crippen LogP contribution in [-0.4, -0.2) is 40.4 Å². The summed E-state index contributed by atoms with van der Waals surface area (Å²) in [6.45, 7) is 1.77. The smallest absolute Gasteiger partial charge is 0.410 e. The van der Waals surface area contributed by atoms with Crippen molar-refractivity contribution < 1.29 is 23.4 Å². The summed E-state index contributed by atoms with van der Waals surface area (Å²) in [6, 6.07) is 19.2. The van der Waals surface area contributed by atoms with E-state index >= 15 is 0 Å². The molecule has 2 heterocycles. The molecule has 2 aliphatic heterocycles. The van der Waals surface area contributed by atoms with Crippen LogP contribution in [0.4, 0.5) is 13.6 Å². The summed E-state index contributed by atoms with van der Waals surface area (Å²) in [5, 5.41) is 11.5. The van der Waals surface area contributed by atoms with Gasteiger partial charge in [-0.1, -0.05) is 60.7 Å². The molecule has 1 amide bonds. The van der Waals surface area contributed by atoms with Gasteiger partial charge in [-0.3, -0.25) is 0 Å². The largest absolute Gasteiger partial charge is 0.448 e. The van der Waals surface area contributed by atoms with Crippen LogP contribution < -0.4 is 0 Å². The van der Waals surface area contributed by atoms with Crippen molar-refractivity contribution >= 4 is 6.09 Å². The van der Waals surface area contributed by atoms with E-state index in [0.717, 1.165) is 30.4 Å². The molecular weight excluding hydrogens is 472 g/mol. The number of nitrogens with zero attached hydrogens (tertiary/aromatic N) is 1. The minimum Gasteiger partial charge on any atom is -0.448 e. The van der Waals surface area contributed by atoms with Crippen molar-refractivity contribution in [2.45, 2.75) is 69.1 Å². The third kappa shape index (κ3) is 4.21. The monoisotopic (exact) mass is 503 g/mol.